The van der Waals surface area contributed by atoms with E-state index >= 15 is 0 Å². The van der Waals surface area contributed by atoms with Gasteiger partial charge in [0.1, 0.15) is 5.92 Å². The molecule has 1 N–H and O–H groups in total. The summed E-state index contributed by atoms with van der Waals surface area (Å²) in [6, 6.07) is 15.0. The number of fused-ring (bicyclic) bond motifs is 1. The first-order valence-corrected chi connectivity index (χ1v) is 9.43. The van der Waals surface area contributed by atoms with Crippen molar-refractivity contribution >= 4 is 33.7 Å². The minimum atomic E-state index is -0.855. The van der Waals surface area contributed by atoms with E-state index in [4.69, 9.17) is 0 Å². The van der Waals surface area contributed by atoms with Crippen LogP contribution in [0.15, 0.2) is 59.0 Å². The van der Waals surface area contributed by atoms with E-state index in [-0.39, 0.29) is 11.6 Å². The van der Waals surface area contributed by atoms with Crippen LogP contribution in [-0.2, 0) is 0 Å². The Labute approximate surface area is 160 Å². The average molecular weight is 375 g/mol. The summed E-state index contributed by atoms with van der Waals surface area (Å²) in [6.07, 6.45) is 0. The number of Topliss-reactive ketones (excluding diaryl/α,β-unsaturated/α-hetero) is 2. The number of benzene rings is 2. The molecule has 0 saturated heterocycles. The van der Waals surface area contributed by atoms with Crippen molar-refractivity contribution in [3.05, 3.63) is 70.6 Å². The number of aryl methyl sites for hydroxylation is 1. The molecule has 0 bridgehead atoms. The van der Waals surface area contributed by atoms with Gasteiger partial charge in [-0.15, -0.1) is 11.3 Å². The first-order chi connectivity index (χ1) is 13.0. The van der Waals surface area contributed by atoms with Crippen LogP contribution in [0, 0.1) is 12.8 Å². The smallest absolute Gasteiger partial charge is 0.203 e. The minimum absolute atomic E-state index is 0.196. The summed E-state index contributed by atoms with van der Waals surface area (Å²) in [5.41, 5.74) is 7.34. The van der Waals surface area contributed by atoms with Gasteiger partial charge in [0, 0.05) is 22.1 Å². The number of carbonyl (C=O) groups is 2. The number of ketones is 2. The molecular formula is C21H17N3O2S. The predicted molar refractivity (Wildman–Crippen MR) is 108 cm³/mol. The maximum absolute atomic E-state index is 12.5. The first-order valence-electron chi connectivity index (χ1n) is 8.55. The predicted octanol–water partition coefficient (Wildman–Crippen LogP) is 4.60. The maximum Gasteiger partial charge on any atom is 0.203 e. The molecule has 0 unspecified atom stereocenters. The van der Waals surface area contributed by atoms with Gasteiger partial charge < -0.3 is 0 Å². The Bertz CT molecular complexity index is 1030. The molecule has 0 fully saturated rings. The van der Waals surface area contributed by atoms with Gasteiger partial charge in [-0.3, -0.25) is 15.0 Å². The summed E-state index contributed by atoms with van der Waals surface area (Å²) >= 11 is 1.42. The molecule has 4 rings (SSSR count). The van der Waals surface area contributed by atoms with Crippen molar-refractivity contribution in [2.75, 3.05) is 5.43 Å². The van der Waals surface area contributed by atoms with Crippen molar-refractivity contribution in [3.63, 3.8) is 0 Å². The molecule has 0 spiro atoms. The maximum atomic E-state index is 12.5. The van der Waals surface area contributed by atoms with Gasteiger partial charge in [0.15, 0.2) is 11.6 Å². The van der Waals surface area contributed by atoms with Gasteiger partial charge in [-0.1, -0.05) is 54.1 Å². The molecule has 2 aromatic carbocycles. The van der Waals surface area contributed by atoms with Gasteiger partial charge in [-0.2, -0.15) is 5.10 Å². The third-order valence-corrected chi connectivity index (χ3v) is 5.33. The van der Waals surface area contributed by atoms with Crippen LogP contribution in [0.1, 0.15) is 33.2 Å². The Kier molecular flexibility index (Phi) is 4.41. The Morgan fingerprint density at radius 2 is 1.67 bits per heavy atom. The zero-order valence-corrected chi connectivity index (χ0v) is 15.7. The molecule has 0 atom stereocenters. The molecular weight excluding hydrogens is 358 g/mol. The summed E-state index contributed by atoms with van der Waals surface area (Å²) in [5, 5.41) is 6.81. The van der Waals surface area contributed by atoms with E-state index in [1.807, 2.05) is 36.6 Å². The van der Waals surface area contributed by atoms with Gasteiger partial charge in [0.2, 0.25) is 5.13 Å². The van der Waals surface area contributed by atoms with Crippen LogP contribution < -0.4 is 5.43 Å². The van der Waals surface area contributed by atoms with E-state index in [0.717, 1.165) is 11.3 Å². The van der Waals surface area contributed by atoms with Gasteiger partial charge >= 0.3 is 0 Å². The molecule has 6 heteroatoms. The van der Waals surface area contributed by atoms with Crippen molar-refractivity contribution in [2.24, 2.45) is 11.0 Å². The van der Waals surface area contributed by atoms with Crippen molar-refractivity contribution in [1.82, 2.24) is 4.98 Å². The van der Waals surface area contributed by atoms with E-state index in [9.17, 15) is 9.59 Å². The standard InChI is InChI=1S/C21H17N3O2S/c1-12-7-9-14(10-8-12)17-11-27-21(22-17)24-23-13(2)18-19(25)15-5-3-4-6-16(15)20(18)26/h3-11,18H,1-2H3,(H,22,24)/b23-13+. The van der Waals surface area contributed by atoms with Crippen molar-refractivity contribution < 1.29 is 9.59 Å². The van der Waals surface area contributed by atoms with E-state index in [0.29, 0.717) is 22.0 Å². The number of carbonyl (C=O) groups excluding carboxylic acids is 2. The lowest BCUT2D eigenvalue weighted by atomic mass is 9.99. The quantitative estimate of drug-likeness (QED) is 0.411. The second kappa shape index (κ2) is 6.89. The molecule has 27 heavy (non-hydrogen) atoms. The van der Waals surface area contributed by atoms with E-state index < -0.39 is 5.92 Å². The zero-order chi connectivity index (χ0) is 19.0. The Balaban J connectivity index is 1.51. The normalized spacial score (nSPS) is 14.5. The van der Waals surface area contributed by atoms with Crippen LogP contribution >= 0.6 is 11.3 Å². The molecule has 1 aliphatic rings. The molecule has 0 amide bonds. The summed E-state index contributed by atoms with van der Waals surface area (Å²) in [6.45, 7) is 3.73. The van der Waals surface area contributed by atoms with Crippen LogP contribution in [0.25, 0.3) is 11.3 Å². The fraction of sp³-hybridized carbons (Fsp3) is 0.143. The van der Waals surface area contributed by atoms with Crippen molar-refractivity contribution in [2.45, 2.75) is 13.8 Å². The number of hydrogen-bond donors (Lipinski definition) is 1. The number of rotatable bonds is 4. The van der Waals surface area contributed by atoms with Crippen LogP contribution in [0.5, 0.6) is 0 Å². The van der Waals surface area contributed by atoms with Crippen molar-refractivity contribution in [1.29, 1.82) is 0 Å². The fourth-order valence-electron chi connectivity index (χ4n) is 3.10. The average Bonchev–Trinajstić information content (AvgIpc) is 3.25. The monoisotopic (exact) mass is 375 g/mol. The third-order valence-electron chi connectivity index (χ3n) is 4.58. The molecule has 0 radical (unpaired) electrons. The number of anilines is 1. The Morgan fingerprint density at radius 1 is 1.04 bits per heavy atom. The summed E-state index contributed by atoms with van der Waals surface area (Å²) < 4.78 is 0. The number of nitrogens with one attached hydrogen (secondary N) is 1. The van der Waals surface area contributed by atoms with E-state index in [1.165, 1.54) is 16.9 Å². The van der Waals surface area contributed by atoms with Crippen LogP contribution in [0.4, 0.5) is 5.13 Å². The van der Waals surface area contributed by atoms with Crippen molar-refractivity contribution in [3.8, 4) is 11.3 Å². The topological polar surface area (TPSA) is 71.4 Å². The lowest BCUT2D eigenvalue weighted by Crippen LogP contribution is -2.24. The molecule has 0 saturated carbocycles. The van der Waals surface area contributed by atoms with E-state index in [1.54, 1.807) is 31.2 Å². The van der Waals surface area contributed by atoms with Gasteiger partial charge in [0.05, 0.1) is 11.4 Å². The number of nitrogens with zero attached hydrogens (tertiary/aromatic N) is 2. The SMILES string of the molecule is C/C(=N\Nc1nc(-c2ccc(C)cc2)cs1)C1C(=O)c2ccccc2C1=O. The van der Waals surface area contributed by atoms with Crippen LogP contribution in [0.3, 0.4) is 0 Å². The fourth-order valence-corrected chi connectivity index (χ4v) is 3.77. The van der Waals surface area contributed by atoms with Gasteiger partial charge in [-0.25, -0.2) is 4.98 Å². The highest BCUT2D eigenvalue weighted by Gasteiger charge is 2.40. The second-order valence-corrected chi connectivity index (χ2v) is 7.33. The number of hydrogen-bond acceptors (Lipinski definition) is 6. The Morgan fingerprint density at radius 3 is 2.30 bits per heavy atom. The van der Waals surface area contributed by atoms with Gasteiger partial charge in [0.25, 0.3) is 0 Å². The summed E-state index contributed by atoms with van der Waals surface area (Å²) in [4.78, 5) is 29.6. The second-order valence-electron chi connectivity index (χ2n) is 6.48. The summed E-state index contributed by atoms with van der Waals surface area (Å²) in [7, 11) is 0. The molecule has 0 aliphatic heterocycles. The molecule has 3 aromatic rings. The lowest BCUT2D eigenvalue weighted by Gasteiger charge is -2.06. The van der Waals surface area contributed by atoms with Crippen LogP contribution in [0.2, 0.25) is 0 Å². The molecule has 1 aliphatic carbocycles. The highest BCUT2D eigenvalue weighted by atomic mass is 32.1. The number of aromatic nitrogens is 1. The van der Waals surface area contributed by atoms with Crippen LogP contribution in [-0.4, -0.2) is 22.3 Å². The molecule has 1 heterocycles. The highest BCUT2D eigenvalue weighted by molar-refractivity contribution is 7.14. The minimum Gasteiger partial charge on any atom is -0.293 e. The third kappa shape index (κ3) is 3.19. The highest BCUT2D eigenvalue weighted by Crippen LogP contribution is 2.28. The number of hydrazone groups is 1. The molecule has 5 nitrogen and oxygen atoms in total. The largest absolute Gasteiger partial charge is 0.293 e. The zero-order valence-electron chi connectivity index (χ0n) is 14.9. The van der Waals surface area contributed by atoms with Gasteiger partial charge in [-0.05, 0) is 13.8 Å². The lowest BCUT2D eigenvalue weighted by molar-refractivity contribution is 0.0883. The first kappa shape index (κ1) is 17.3. The molecule has 1 aromatic heterocycles. The molecule has 134 valence electrons. The summed E-state index contributed by atoms with van der Waals surface area (Å²) in [5.74, 6) is -1.25. The number of thiazole rings is 1. The Hall–Kier alpha value is -3.12. The van der Waals surface area contributed by atoms with E-state index in [2.05, 4.69) is 15.5 Å².